The molecule has 0 bridgehead atoms. The van der Waals surface area contributed by atoms with Gasteiger partial charge in [-0.2, -0.15) is 5.26 Å². The van der Waals surface area contributed by atoms with Crippen molar-refractivity contribution in [1.29, 1.82) is 5.26 Å². The molecule has 1 rings (SSSR count). The van der Waals surface area contributed by atoms with Crippen molar-refractivity contribution in [3.63, 3.8) is 0 Å². The Morgan fingerprint density at radius 3 is 2.67 bits per heavy atom. The predicted octanol–water partition coefficient (Wildman–Crippen LogP) is 2.56. The van der Waals surface area contributed by atoms with Crippen LogP contribution in [0, 0.1) is 18.3 Å². The smallest absolute Gasteiger partial charge is 0.0992 e. The number of benzene rings is 1. The first-order valence-electron chi connectivity index (χ1n) is 3.57. The highest BCUT2D eigenvalue weighted by Crippen LogP contribution is 2.24. The van der Waals surface area contributed by atoms with E-state index in [4.69, 9.17) is 16.9 Å². The summed E-state index contributed by atoms with van der Waals surface area (Å²) >= 11 is 5.89. The summed E-state index contributed by atoms with van der Waals surface area (Å²) in [5, 5.41) is 12.2. The second-order valence-corrected chi connectivity index (χ2v) is 2.90. The Bertz CT molecular complexity index is 339. The first kappa shape index (κ1) is 8.89. The van der Waals surface area contributed by atoms with E-state index >= 15 is 0 Å². The van der Waals surface area contributed by atoms with Gasteiger partial charge in [0.25, 0.3) is 0 Å². The van der Waals surface area contributed by atoms with Crippen LogP contribution in [0.25, 0.3) is 0 Å². The quantitative estimate of drug-likeness (QED) is 0.721. The Kier molecular flexibility index (Phi) is 2.57. The lowest BCUT2D eigenvalue weighted by molar-refractivity contribution is 1.38. The van der Waals surface area contributed by atoms with Gasteiger partial charge in [-0.25, -0.2) is 0 Å². The molecule has 0 aliphatic rings. The Balaban J connectivity index is 3.31. The fourth-order valence-corrected chi connectivity index (χ4v) is 1.22. The van der Waals surface area contributed by atoms with E-state index in [0.29, 0.717) is 10.6 Å². The average molecular weight is 181 g/mol. The fourth-order valence-electron chi connectivity index (χ4n) is 1.00. The molecule has 0 unspecified atom stereocenters. The number of nitrogens with one attached hydrogen (secondary N) is 1. The standard InChI is InChI=1S/C9H9ClN2/c1-6-8(10)3-7(5-11)4-9(6)12-2/h3-4,12H,1-2H3. The van der Waals surface area contributed by atoms with Crippen LogP contribution in [-0.4, -0.2) is 7.05 Å². The van der Waals surface area contributed by atoms with Crippen LogP contribution in [-0.2, 0) is 0 Å². The molecule has 1 aromatic rings. The van der Waals surface area contributed by atoms with Crippen LogP contribution in [0.3, 0.4) is 0 Å². The van der Waals surface area contributed by atoms with Gasteiger partial charge in [-0.15, -0.1) is 0 Å². The van der Waals surface area contributed by atoms with Crippen molar-refractivity contribution >= 4 is 17.3 Å². The maximum atomic E-state index is 8.64. The monoisotopic (exact) mass is 180 g/mol. The van der Waals surface area contributed by atoms with Crippen LogP contribution in [0.2, 0.25) is 5.02 Å². The Morgan fingerprint density at radius 1 is 1.50 bits per heavy atom. The number of nitriles is 1. The molecular formula is C9H9ClN2. The molecule has 0 aromatic heterocycles. The molecule has 3 heteroatoms. The Hall–Kier alpha value is -1.20. The van der Waals surface area contributed by atoms with Crippen molar-refractivity contribution in [1.82, 2.24) is 0 Å². The minimum absolute atomic E-state index is 0.579. The minimum atomic E-state index is 0.579. The maximum absolute atomic E-state index is 8.64. The van der Waals surface area contributed by atoms with Crippen molar-refractivity contribution in [2.45, 2.75) is 6.92 Å². The van der Waals surface area contributed by atoms with Crippen molar-refractivity contribution in [2.75, 3.05) is 12.4 Å². The van der Waals surface area contributed by atoms with E-state index in [1.165, 1.54) is 0 Å². The van der Waals surface area contributed by atoms with E-state index in [9.17, 15) is 0 Å². The maximum Gasteiger partial charge on any atom is 0.0992 e. The fraction of sp³-hybridized carbons (Fsp3) is 0.222. The van der Waals surface area contributed by atoms with Crippen LogP contribution >= 0.6 is 11.6 Å². The topological polar surface area (TPSA) is 35.8 Å². The van der Waals surface area contributed by atoms with Gasteiger partial charge in [0.1, 0.15) is 0 Å². The summed E-state index contributed by atoms with van der Waals surface area (Å²) in [7, 11) is 1.81. The molecule has 12 heavy (non-hydrogen) atoms. The zero-order valence-electron chi connectivity index (χ0n) is 6.98. The molecule has 0 aliphatic heterocycles. The summed E-state index contributed by atoms with van der Waals surface area (Å²) in [6.07, 6.45) is 0. The summed E-state index contributed by atoms with van der Waals surface area (Å²) in [5.41, 5.74) is 2.45. The van der Waals surface area contributed by atoms with Gasteiger partial charge >= 0.3 is 0 Å². The zero-order chi connectivity index (χ0) is 9.14. The lowest BCUT2D eigenvalue weighted by Crippen LogP contribution is -1.93. The van der Waals surface area contributed by atoms with Gasteiger partial charge in [-0.1, -0.05) is 11.6 Å². The van der Waals surface area contributed by atoms with E-state index < -0.39 is 0 Å². The number of nitrogens with zero attached hydrogens (tertiary/aromatic N) is 1. The van der Waals surface area contributed by atoms with Gasteiger partial charge in [-0.05, 0) is 24.6 Å². The predicted molar refractivity (Wildman–Crippen MR) is 50.5 cm³/mol. The van der Waals surface area contributed by atoms with Gasteiger partial charge in [-0.3, -0.25) is 0 Å². The SMILES string of the molecule is CNc1cc(C#N)cc(Cl)c1C. The Labute approximate surface area is 76.8 Å². The molecule has 1 N–H and O–H groups in total. The molecule has 1 aromatic carbocycles. The van der Waals surface area contributed by atoms with Gasteiger partial charge in [0.05, 0.1) is 11.6 Å². The summed E-state index contributed by atoms with van der Waals surface area (Å²) in [6, 6.07) is 5.49. The van der Waals surface area contributed by atoms with Crippen molar-refractivity contribution in [2.24, 2.45) is 0 Å². The molecule has 0 spiro atoms. The zero-order valence-corrected chi connectivity index (χ0v) is 7.74. The van der Waals surface area contributed by atoms with Crippen molar-refractivity contribution in [3.8, 4) is 6.07 Å². The van der Waals surface area contributed by atoms with Gasteiger partial charge in [0.2, 0.25) is 0 Å². The van der Waals surface area contributed by atoms with Crippen molar-refractivity contribution < 1.29 is 0 Å². The van der Waals surface area contributed by atoms with Crippen LogP contribution in [0.1, 0.15) is 11.1 Å². The summed E-state index contributed by atoms with van der Waals surface area (Å²) in [4.78, 5) is 0. The molecular weight excluding hydrogens is 172 g/mol. The van der Waals surface area contributed by atoms with Crippen LogP contribution in [0.15, 0.2) is 12.1 Å². The molecule has 0 atom stereocenters. The highest BCUT2D eigenvalue weighted by molar-refractivity contribution is 6.31. The second kappa shape index (κ2) is 3.46. The first-order valence-corrected chi connectivity index (χ1v) is 3.95. The molecule has 62 valence electrons. The van der Waals surface area contributed by atoms with Crippen LogP contribution < -0.4 is 5.32 Å². The number of rotatable bonds is 1. The van der Waals surface area contributed by atoms with E-state index in [1.54, 1.807) is 19.2 Å². The molecule has 0 aliphatic carbocycles. The van der Waals surface area contributed by atoms with Crippen LogP contribution in [0.5, 0.6) is 0 Å². The molecule has 0 saturated carbocycles. The molecule has 0 saturated heterocycles. The number of hydrogen-bond acceptors (Lipinski definition) is 2. The van der Waals surface area contributed by atoms with Gasteiger partial charge in [0.15, 0.2) is 0 Å². The highest BCUT2D eigenvalue weighted by Gasteiger charge is 2.03. The number of hydrogen-bond donors (Lipinski definition) is 1. The first-order chi connectivity index (χ1) is 5.69. The number of anilines is 1. The summed E-state index contributed by atoms with van der Waals surface area (Å²) in [6.45, 7) is 1.91. The molecule has 0 fully saturated rings. The Morgan fingerprint density at radius 2 is 2.17 bits per heavy atom. The van der Waals surface area contributed by atoms with Gasteiger partial charge in [0, 0.05) is 17.8 Å². The molecule has 0 heterocycles. The van der Waals surface area contributed by atoms with E-state index in [0.717, 1.165) is 11.3 Å². The van der Waals surface area contributed by atoms with E-state index in [2.05, 4.69) is 5.32 Å². The average Bonchev–Trinajstić information content (AvgIpc) is 2.09. The third kappa shape index (κ3) is 1.51. The highest BCUT2D eigenvalue weighted by atomic mass is 35.5. The number of halogens is 1. The summed E-state index contributed by atoms with van der Waals surface area (Å²) in [5.74, 6) is 0. The normalized spacial score (nSPS) is 9.17. The minimum Gasteiger partial charge on any atom is -0.388 e. The van der Waals surface area contributed by atoms with Crippen molar-refractivity contribution in [3.05, 3.63) is 28.3 Å². The lowest BCUT2D eigenvalue weighted by atomic mass is 10.1. The second-order valence-electron chi connectivity index (χ2n) is 2.49. The largest absolute Gasteiger partial charge is 0.388 e. The third-order valence-electron chi connectivity index (χ3n) is 1.74. The van der Waals surface area contributed by atoms with E-state index in [-0.39, 0.29) is 0 Å². The van der Waals surface area contributed by atoms with Crippen LogP contribution in [0.4, 0.5) is 5.69 Å². The molecule has 2 nitrogen and oxygen atoms in total. The van der Waals surface area contributed by atoms with E-state index in [1.807, 2.05) is 13.0 Å². The molecule has 0 amide bonds. The third-order valence-corrected chi connectivity index (χ3v) is 2.14. The van der Waals surface area contributed by atoms with Gasteiger partial charge < -0.3 is 5.32 Å². The molecule has 0 radical (unpaired) electrons. The summed E-state index contributed by atoms with van der Waals surface area (Å²) < 4.78 is 0. The lowest BCUT2D eigenvalue weighted by Gasteiger charge is -2.06.